The van der Waals surface area contributed by atoms with Gasteiger partial charge < -0.3 is 5.32 Å². The molecule has 0 aromatic heterocycles. The summed E-state index contributed by atoms with van der Waals surface area (Å²) in [5.41, 5.74) is 2.94. The molecule has 0 spiro atoms. The fourth-order valence-electron chi connectivity index (χ4n) is 2.12. The van der Waals surface area contributed by atoms with Gasteiger partial charge in [-0.15, -0.1) is 0 Å². The van der Waals surface area contributed by atoms with Crippen molar-refractivity contribution in [3.8, 4) is 0 Å². The molecular formula is C16H15BrFNO. The lowest BCUT2D eigenvalue weighted by Gasteiger charge is -2.11. The molecule has 0 aliphatic heterocycles. The lowest BCUT2D eigenvalue weighted by atomic mass is 10.0. The first-order valence-corrected chi connectivity index (χ1v) is 7.06. The molecule has 1 amide bonds. The van der Waals surface area contributed by atoms with Gasteiger partial charge in [-0.2, -0.15) is 0 Å². The van der Waals surface area contributed by atoms with E-state index in [-0.39, 0.29) is 18.3 Å². The fraction of sp³-hybridized carbons (Fsp3) is 0.188. The Morgan fingerprint density at radius 1 is 1.20 bits per heavy atom. The van der Waals surface area contributed by atoms with Crippen molar-refractivity contribution in [2.24, 2.45) is 0 Å². The van der Waals surface area contributed by atoms with Gasteiger partial charge in [0, 0.05) is 22.1 Å². The van der Waals surface area contributed by atoms with Crippen LogP contribution in [-0.4, -0.2) is 5.91 Å². The molecule has 0 radical (unpaired) electrons. The maximum atomic E-state index is 13.6. The Morgan fingerprint density at radius 2 is 1.85 bits per heavy atom. The number of hydrogen-bond acceptors (Lipinski definition) is 1. The Kier molecular flexibility index (Phi) is 4.55. The van der Waals surface area contributed by atoms with Crippen molar-refractivity contribution in [1.29, 1.82) is 0 Å². The standard InChI is InChI=1S/C16H15BrFNO/c1-10-4-3-5-11(2)15(10)16(20)19-9-12-8-13(17)6-7-14(12)18/h3-8H,9H2,1-2H3,(H,19,20). The summed E-state index contributed by atoms with van der Waals surface area (Å²) < 4.78 is 14.4. The van der Waals surface area contributed by atoms with E-state index in [0.717, 1.165) is 15.6 Å². The van der Waals surface area contributed by atoms with Gasteiger partial charge >= 0.3 is 0 Å². The predicted octanol–water partition coefficient (Wildman–Crippen LogP) is 4.14. The van der Waals surface area contributed by atoms with E-state index in [4.69, 9.17) is 0 Å². The molecule has 0 atom stereocenters. The highest BCUT2D eigenvalue weighted by Crippen LogP contribution is 2.16. The zero-order valence-electron chi connectivity index (χ0n) is 11.3. The van der Waals surface area contributed by atoms with Crippen molar-refractivity contribution in [3.63, 3.8) is 0 Å². The number of carbonyl (C=O) groups excluding carboxylic acids is 1. The molecule has 20 heavy (non-hydrogen) atoms. The molecule has 1 N–H and O–H groups in total. The first kappa shape index (κ1) is 14.7. The van der Waals surface area contributed by atoms with Crippen LogP contribution in [0.4, 0.5) is 4.39 Å². The minimum Gasteiger partial charge on any atom is -0.348 e. The second-order valence-electron chi connectivity index (χ2n) is 4.69. The first-order chi connectivity index (χ1) is 9.49. The van der Waals surface area contributed by atoms with Crippen molar-refractivity contribution >= 4 is 21.8 Å². The highest BCUT2D eigenvalue weighted by Gasteiger charge is 2.12. The maximum absolute atomic E-state index is 13.6. The zero-order valence-corrected chi connectivity index (χ0v) is 12.9. The molecule has 4 heteroatoms. The molecule has 0 saturated carbocycles. The molecular weight excluding hydrogens is 321 g/mol. The van der Waals surface area contributed by atoms with E-state index in [2.05, 4.69) is 21.2 Å². The van der Waals surface area contributed by atoms with Crippen molar-refractivity contribution in [3.05, 3.63) is 68.9 Å². The number of rotatable bonds is 3. The molecule has 2 rings (SSSR count). The van der Waals surface area contributed by atoms with Crippen LogP contribution in [0.15, 0.2) is 40.9 Å². The summed E-state index contributed by atoms with van der Waals surface area (Å²) in [4.78, 5) is 12.2. The highest BCUT2D eigenvalue weighted by atomic mass is 79.9. The Labute approximate surface area is 126 Å². The van der Waals surface area contributed by atoms with Crippen molar-refractivity contribution in [1.82, 2.24) is 5.32 Å². The van der Waals surface area contributed by atoms with E-state index in [0.29, 0.717) is 11.1 Å². The van der Waals surface area contributed by atoms with Crippen LogP contribution in [0.25, 0.3) is 0 Å². The monoisotopic (exact) mass is 335 g/mol. The number of benzene rings is 2. The third kappa shape index (κ3) is 3.25. The van der Waals surface area contributed by atoms with Gasteiger partial charge in [0.2, 0.25) is 0 Å². The van der Waals surface area contributed by atoms with Crippen molar-refractivity contribution < 1.29 is 9.18 Å². The number of hydrogen-bond donors (Lipinski definition) is 1. The van der Waals surface area contributed by atoms with E-state index < -0.39 is 0 Å². The minimum absolute atomic E-state index is 0.165. The molecule has 2 aromatic rings. The normalized spacial score (nSPS) is 10.4. The van der Waals surface area contributed by atoms with E-state index in [1.807, 2.05) is 32.0 Å². The average molecular weight is 336 g/mol. The van der Waals surface area contributed by atoms with Gasteiger partial charge in [0.1, 0.15) is 5.82 Å². The number of aryl methyl sites for hydroxylation is 2. The van der Waals surface area contributed by atoms with E-state index in [9.17, 15) is 9.18 Å². The second kappa shape index (κ2) is 6.18. The van der Waals surface area contributed by atoms with Gasteiger partial charge in [-0.3, -0.25) is 4.79 Å². The lowest BCUT2D eigenvalue weighted by Crippen LogP contribution is -2.25. The molecule has 0 bridgehead atoms. The number of halogens is 2. The van der Waals surface area contributed by atoms with Crippen molar-refractivity contribution in [2.75, 3.05) is 0 Å². The second-order valence-corrected chi connectivity index (χ2v) is 5.60. The molecule has 0 unspecified atom stereocenters. The van der Waals surface area contributed by atoms with Gasteiger partial charge in [-0.05, 0) is 43.2 Å². The Bertz CT molecular complexity index is 635. The number of carbonyl (C=O) groups is 1. The maximum Gasteiger partial charge on any atom is 0.252 e. The summed E-state index contributed by atoms with van der Waals surface area (Å²) in [5.74, 6) is -0.505. The summed E-state index contributed by atoms with van der Waals surface area (Å²) in [6, 6.07) is 10.4. The summed E-state index contributed by atoms with van der Waals surface area (Å²) in [5, 5.41) is 2.77. The van der Waals surface area contributed by atoms with Crippen molar-refractivity contribution in [2.45, 2.75) is 20.4 Å². The summed E-state index contributed by atoms with van der Waals surface area (Å²) in [6.45, 7) is 3.95. The van der Waals surface area contributed by atoms with Gasteiger partial charge in [0.05, 0.1) is 0 Å². The lowest BCUT2D eigenvalue weighted by molar-refractivity contribution is 0.0949. The van der Waals surface area contributed by atoms with Crippen LogP contribution in [0, 0.1) is 19.7 Å². The van der Waals surface area contributed by atoms with Gasteiger partial charge in [-0.1, -0.05) is 34.1 Å². The largest absolute Gasteiger partial charge is 0.348 e. The van der Waals surface area contributed by atoms with Gasteiger partial charge in [0.15, 0.2) is 0 Å². The van der Waals surface area contributed by atoms with Gasteiger partial charge in [-0.25, -0.2) is 4.39 Å². The first-order valence-electron chi connectivity index (χ1n) is 6.27. The van der Waals surface area contributed by atoms with E-state index in [1.54, 1.807) is 12.1 Å². The third-order valence-corrected chi connectivity index (χ3v) is 3.65. The Hall–Kier alpha value is -1.68. The van der Waals surface area contributed by atoms with Crippen LogP contribution in [0.3, 0.4) is 0 Å². The quantitative estimate of drug-likeness (QED) is 0.897. The molecule has 104 valence electrons. The Morgan fingerprint density at radius 3 is 2.50 bits per heavy atom. The summed E-state index contributed by atoms with van der Waals surface area (Å²) in [7, 11) is 0. The van der Waals surface area contributed by atoms with Crippen LogP contribution in [0.2, 0.25) is 0 Å². The molecule has 0 heterocycles. The Balaban J connectivity index is 2.15. The topological polar surface area (TPSA) is 29.1 Å². The predicted molar refractivity (Wildman–Crippen MR) is 81.2 cm³/mol. The zero-order chi connectivity index (χ0) is 14.7. The number of amides is 1. The van der Waals surface area contributed by atoms with Crippen LogP contribution in [0.1, 0.15) is 27.0 Å². The summed E-state index contributed by atoms with van der Waals surface area (Å²) >= 11 is 3.29. The van der Waals surface area contributed by atoms with Crippen LogP contribution in [-0.2, 0) is 6.54 Å². The van der Waals surface area contributed by atoms with E-state index in [1.165, 1.54) is 6.07 Å². The SMILES string of the molecule is Cc1cccc(C)c1C(=O)NCc1cc(Br)ccc1F. The minimum atomic E-state index is -0.324. The number of nitrogens with one attached hydrogen (secondary N) is 1. The van der Waals surface area contributed by atoms with Crippen LogP contribution in [0.5, 0.6) is 0 Å². The molecule has 2 nitrogen and oxygen atoms in total. The van der Waals surface area contributed by atoms with E-state index >= 15 is 0 Å². The molecule has 0 fully saturated rings. The van der Waals surface area contributed by atoms with Gasteiger partial charge in [0.25, 0.3) is 5.91 Å². The molecule has 2 aromatic carbocycles. The van der Waals surface area contributed by atoms with Crippen LogP contribution >= 0.6 is 15.9 Å². The average Bonchev–Trinajstić information content (AvgIpc) is 2.39. The fourth-order valence-corrected chi connectivity index (χ4v) is 2.52. The smallest absolute Gasteiger partial charge is 0.252 e. The molecule has 0 aliphatic rings. The third-order valence-electron chi connectivity index (χ3n) is 3.16. The molecule has 0 aliphatic carbocycles. The highest BCUT2D eigenvalue weighted by molar-refractivity contribution is 9.10. The summed E-state index contributed by atoms with van der Waals surface area (Å²) in [6.07, 6.45) is 0. The molecule has 0 saturated heterocycles. The van der Waals surface area contributed by atoms with Crippen LogP contribution < -0.4 is 5.32 Å².